The van der Waals surface area contributed by atoms with Gasteiger partial charge in [-0.15, -0.1) is 0 Å². The van der Waals surface area contributed by atoms with Gasteiger partial charge in [0.1, 0.15) is 18.2 Å². The molecule has 0 unspecified atom stereocenters. The van der Waals surface area contributed by atoms with Crippen LogP contribution in [0.1, 0.15) is 71.6 Å². The summed E-state index contributed by atoms with van der Waals surface area (Å²) >= 11 is 0. The number of rotatable bonds is 20. The molecule has 14 heteroatoms. The quantitative estimate of drug-likeness (QED) is 0.0744. The zero-order chi connectivity index (χ0) is 32.9. The van der Waals surface area contributed by atoms with Crippen molar-refractivity contribution >= 4 is 56.8 Å². The minimum absolute atomic E-state index is 0.0501. The summed E-state index contributed by atoms with van der Waals surface area (Å²) in [6, 6.07) is 0.0471. The van der Waals surface area contributed by atoms with E-state index in [0.29, 0.717) is 79.7 Å². The van der Waals surface area contributed by atoms with E-state index in [2.05, 4.69) is 5.32 Å². The molecule has 4 rings (SSSR count). The van der Waals surface area contributed by atoms with E-state index in [-0.39, 0.29) is 48.2 Å². The van der Waals surface area contributed by atoms with Crippen molar-refractivity contribution in [2.75, 3.05) is 31.8 Å². The third kappa shape index (κ3) is 7.66. The van der Waals surface area contributed by atoms with E-state index in [1.807, 2.05) is 4.90 Å². The molecule has 4 N–H and O–H groups in total. The van der Waals surface area contributed by atoms with Crippen LogP contribution in [0, 0.1) is 11.8 Å². The number of nitrogens with zero attached hydrogens (tertiary/aromatic N) is 1. The first-order valence-electron chi connectivity index (χ1n) is 15.5. The number of amides is 1. The highest BCUT2D eigenvalue weighted by Gasteiger charge is 2.72. The molecule has 4 aliphatic rings. The van der Waals surface area contributed by atoms with Gasteiger partial charge in [0.25, 0.3) is 0 Å². The number of hydrogen-bond acceptors (Lipinski definition) is 12. The van der Waals surface area contributed by atoms with Crippen molar-refractivity contribution in [3.8, 4) is 0 Å². The van der Waals surface area contributed by atoms with Gasteiger partial charge in [0.15, 0.2) is 11.5 Å². The molecule has 5 atom stereocenters. The van der Waals surface area contributed by atoms with Gasteiger partial charge in [0.05, 0.1) is 23.6 Å². The minimum Gasteiger partial charge on any atom is -0.481 e. The Balaban J connectivity index is 1.18. The van der Waals surface area contributed by atoms with Crippen LogP contribution in [0.5, 0.6) is 0 Å². The summed E-state index contributed by atoms with van der Waals surface area (Å²) in [6.07, 6.45) is 3.71. The van der Waals surface area contributed by atoms with Crippen LogP contribution in [0.4, 0.5) is 4.79 Å². The van der Waals surface area contributed by atoms with Gasteiger partial charge in [-0.1, -0.05) is 34.4 Å². The molecule has 0 saturated carbocycles. The number of Topliss-reactive ketones (excluding diaryl/α,β-unsaturated/α-hetero) is 4. The zero-order valence-corrected chi connectivity index (χ0v) is 27.7. The number of ketones is 4. The zero-order valence-electron chi connectivity index (χ0n) is 26.1. The molecule has 0 bridgehead atoms. The predicted molar refractivity (Wildman–Crippen MR) is 169 cm³/mol. The van der Waals surface area contributed by atoms with E-state index in [1.165, 1.54) is 6.92 Å². The van der Waals surface area contributed by atoms with E-state index in [1.54, 1.807) is 35.6 Å². The van der Waals surface area contributed by atoms with E-state index >= 15 is 0 Å². The topological polar surface area (TPSA) is 192 Å². The monoisotopic (exact) mass is 665 g/mol. The Labute approximate surface area is 271 Å². The molecule has 2 saturated heterocycles. The number of hydrogen-bond donors (Lipinski definition) is 3. The van der Waals surface area contributed by atoms with Gasteiger partial charge in [-0.2, -0.15) is 0 Å². The fourth-order valence-electron chi connectivity index (χ4n) is 6.90. The first-order chi connectivity index (χ1) is 21.4. The molecule has 2 fully saturated rings. The number of fused-ring (bicyclic) bond motifs is 4. The minimum atomic E-state index is -0.991. The van der Waals surface area contributed by atoms with Gasteiger partial charge < -0.3 is 35.3 Å². The van der Waals surface area contributed by atoms with Crippen molar-refractivity contribution in [3.05, 3.63) is 22.4 Å². The van der Waals surface area contributed by atoms with Gasteiger partial charge in [-0.05, 0) is 39.5 Å². The highest BCUT2D eigenvalue weighted by molar-refractivity contribution is 8.76. The van der Waals surface area contributed by atoms with Gasteiger partial charge in [-0.25, -0.2) is 4.79 Å². The van der Waals surface area contributed by atoms with Crippen LogP contribution in [0.2, 0.25) is 0 Å². The van der Waals surface area contributed by atoms with Gasteiger partial charge >= 0.3 is 12.1 Å². The SMILES string of the molecule is CO[C@@]12[C@H](COC(N)=O)C3=C(C(=O)C(C)=C(CCCSSCCC(=O)CCCCC[C@H](CC(C)=O)C(=O)O)C3=O)N1C[C@@H]1N[C@@H]12. The van der Waals surface area contributed by atoms with Crippen molar-refractivity contribution in [1.29, 1.82) is 0 Å². The number of allylic oxidation sites excluding steroid dienone is 2. The number of methoxy groups -OCH3 is 1. The van der Waals surface area contributed by atoms with Crippen molar-refractivity contribution in [1.82, 2.24) is 10.2 Å². The van der Waals surface area contributed by atoms with Gasteiger partial charge in [0, 0.05) is 67.2 Å². The summed E-state index contributed by atoms with van der Waals surface area (Å²) in [5, 5.41) is 12.6. The number of nitrogens with two attached hydrogens (primary N) is 1. The van der Waals surface area contributed by atoms with E-state index in [0.717, 1.165) is 12.2 Å². The number of ether oxygens (including phenoxy) is 2. The molecule has 248 valence electrons. The second kappa shape index (κ2) is 15.3. The Bertz CT molecular complexity index is 1300. The van der Waals surface area contributed by atoms with Crippen molar-refractivity contribution in [2.24, 2.45) is 17.6 Å². The molecule has 0 aromatic carbocycles. The summed E-state index contributed by atoms with van der Waals surface area (Å²) in [7, 11) is 4.77. The molecule has 0 spiro atoms. The Hall–Kier alpha value is -2.68. The highest BCUT2D eigenvalue weighted by atomic mass is 33.1. The predicted octanol–water partition coefficient (Wildman–Crippen LogP) is 3.18. The lowest BCUT2D eigenvalue weighted by Crippen LogP contribution is -2.55. The normalized spacial score (nSPS) is 25.7. The van der Waals surface area contributed by atoms with Crippen molar-refractivity contribution in [3.63, 3.8) is 0 Å². The first-order valence-corrected chi connectivity index (χ1v) is 18.0. The number of aliphatic carboxylic acids is 1. The van der Waals surface area contributed by atoms with Crippen LogP contribution in [0.25, 0.3) is 0 Å². The number of nitrogens with one attached hydrogen (secondary N) is 1. The molecular formula is C31H43N3O9S2. The first kappa shape index (κ1) is 35.2. The number of carboxylic acid groups (broad SMARTS) is 1. The third-order valence-corrected chi connectivity index (χ3v) is 11.6. The van der Waals surface area contributed by atoms with Crippen molar-refractivity contribution in [2.45, 2.75) is 89.4 Å². The molecule has 0 radical (unpaired) electrons. The molecule has 1 amide bonds. The Kier molecular flexibility index (Phi) is 11.9. The number of carbonyl (C=O) groups is 6. The largest absolute Gasteiger partial charge is 0.481 e. The fraction of sp³-hybridized carbons (Fsp3) is 0.677. The summed E-state index contributed by atoms with van der Waals surface area (Å²) in [6.45, 7) is 3.46. The lowest BCUT2D eigenvalue weighted by Gasteiger charge is -2.39. The summed E-state index contributed by atoms with van der Waals surface area (Å²) in [5.74, 6) is -1.19. The lowest BCUT2D eigenvalue weighted by molar-refractivity contribution is -0.143. The Morgan fingerprint density at radius 1 is 1.09 bits per heavy atom. The van der Waals surface area contributed by atoms with Crippen LogP contribution in [0.3, 0.4) is 0 Å². The maximum atomic E-state index is 13.9. The van der Waals surface area contributed by atoms with Crippen LogP contribution in [-0.2, 0) is 33.4 Å². The standard InChI is InChI=1S/C31H43N3O9S2/c1-17(35)14-19(29(39)40)8-5-4-6-9-20(36)11-13-45-44-12-7-10-21-18(2)26(37)25-24(27(21)38)22(16-43-30(32)41)31(42-3)28-23(33-28)15-34(25)31/h19,22-23,28,33H,4-16H2,1-3H3,(H2,32,41)(H,39,40)/t19-,22-,23+,28+,31-/m1/s1. The fourth-order valence-corrected chi connectivity index (χ4v) is 9.02. The van der Waals surface area contributed by atoms with Crippen LogP contribution >= 0.6 is 21.6 Å². The smallest absolute Gasteiger partial charge is 0.404 e. The Morgan fingerprint density at radius 2 is 1.82 bits per heavy atom. The average Bonchev–Trinajstić information content (AvgIpc) is 3.60. The van der Waals surface area contributed by atoms with Gasteiger partial charge in [0.2, 0.25) is 5.78 Å². The second-order valence-corrected chi connectivity index (χ2v) is 14.8. The molecule has 3 aliphatic heterocycles. The number of unbranched alkanes of at least 4 members (excludes halogenated alkanes) is 2. The van der Waals surface area contributed by atoms with Gasteiger partial charge in [-0.3, -0.25) is 19.2 Å². The van der Waals surface area contributed by atoms with Crippen LogP contribution < -0.4 is 11.1 Å². The number of carbonyl (C=O) groups excluding carboxylic acids is 5. The number of carboxylic acids is 1. The molecular weight excluding hydrogens is 622 g/mol. The summed E-state index contributed by atoms with van der Waals surface area (Å²) in [4.78, 5) is 75.5. The maximum absolute atomic E-state index is 13.9. The molecule has 0 aromatic rings. The average molecular weight is 666 g/mol. The van der Waals surface area contributed by atoms with Crippen LogP contribution in [-0.4, -0.2) is 94.8 Å². The summed E-state index contributed by atoms with van der Waals surface area (Å²) < 4.78 is 11.2. The maximum Gasteiger partial charge on any atom is 0.404 e. The van der Waals surface area contributed by atoms with E-state index < -0.39 is 29.6 Å². The Morgan fingerprint density at radius 3 is 2.49 bits per heavy atom. The molecule has 1 aliphatic carbocycles. The number of primary amides is 1. The third-order valence-electron chi connectivity index (χ3n) is 9.15. The molecule has 45 heavy (non-hydrogen) atoms. The molecule has 12 nitrogen and oxygen atoms in total. The lowest BCUT2D eigenvalue weighted by atomic mass is 9.79. The second-order valence-electron chi connectivity index (χ2n) is 12.1. The van der Waals surface area contributed by atoms with E-state index in [9.17, 15) is 33.9 Å². The molecule has 0 aromatic heterocycles. The van der Waals surface area contributed by atoms with Crippen molar-refractivity contribution < 1.29 is 43.3 Å². The van der Waals surface area contributed by atoms with E-state index in [4.69, 9.17) is 15.2 Å². The highest BCUT2D eigenvalue weighted by Crippen LogP contribution is 2.56. The van der Waals surface area contributed by atoms with Crippen LogP contribution in [0.15, 0.2) is 22.4 Å². The summed E-state index contributed by atoms with van der Waals surface area (Å²) in [5.41, 5.74) is 5.87. The molecule has 3 heterocycles. The number of piperazine rings is 1.